The van der Waals surface area contributed by atoms with Crippen molar-refractivity contribution < 1.29 is 14.3 Å². The van der Waals surface area contributed by atoms with Crippen LogP contribution in [-0.4, -0.2) is 39.1 Å². The van der Waals surface area contributed by atoms with Gasteiger partial charge in [-0.15, -0.1) is 10.2 Å². The summed E-state index contributed by atoms with van der Waals surface area (Å²) in [5.41, 5.74) is 8.12. The van der Waals surface area contributed by atoms with Crippen LogP contribution in [0, 0.1) is 0 Å². The van der Waals surface area contributed by atoms with Gasteiger partial charge in [-0.2, -0.15) is 0 Å². The maximum Gasteiger partial charge on any atom is 0.277 e. The highest BCUT2D eigenvalue weighted by molar-refractivity contribution is 8.00. The van der Waals surface area contributed by atoms with Crippen LogP contribution in [0.5, 0.6) is 0 Å². The number of β-amino-alcohol motifs (C(OH)–C–C–N with tert-alkyl or cyclic N) is 1. The number of thioether (sulfide) groups is 1. The Labute approximate surface area is 160 Å². The van der Waals surface area contributed by atoms with Crippen molar-refractivity contribution in [3.8, 4) is 11.5 Å². The van der Waals surface area contributed by atoms with E-state index in [1.54, 1.807) is 4.90 Å². The van der Waals surface area contributed by atoms with E-state index in [1.807, 2.05) is 54.6 Å². The molecule has 138 valence electrons. The summed E-state index contributed by atoms with van der Waals surface area (Å²) in [6.07, 6.45) is -0.830. The van der Waals surface area contributed by atoms with Gasteiger partial charge in [0.05, 0.1) is 12.6 Å². The molecule has 3 N–H and O–H groups in total. The van der Waals surface area contributed by atoms with Gasteiger partial charge in [-0.3, -0.25) is 4.79 Å². The maximum atomic E-state index is 12.8. The summed E-state index contributed by atoms with van der Waals surface area (Å²) in [7, 11) is 0. The van der Waals surface area contributed by atoms with Crippen LogP contribution in [0.1, 0.15) is 5.56 Å². The molecule has 27 heavy (non-hydrogen) atoms. The van der Waals surface area contributed by atoms with E-state index in [1.165, 1.54) is 0 Å². The highest BCUT2D eigenvalue weighted by Gasteiger charge is 2.42. The van der Waals surface area contributed by atoms with Crippen LogP contribution >= 0.6 is 11.8 Å². The Balaban J connectivity index is 1.49. The topological polar surface area (TPSA) is 105 Å². The number of aliphatic hydroxyl groups is 1. The molecule has 1 aliphatic rings. The first-order chi connectivity index (χ1) is 13.2. The zero-order valence-corrected chi connectivity index (χ0v) is 15.2. The molecule has 1 aliphatic heterocycles. The summed E-state index contributed by atoms with van der Waals surface area (Å²) >= 11 is 1.09. The fourth-order valence-electron chi connectivity index (χ4n) is 2.93. The van der Waals surface area contributed by atoms with Gasteiger partial charge in [0.15, 0.2) is 0 Å². The highest BCUT2D eigenvalue weighted by atomic mass is 32.2. The molecular formula is C19H18N4O3S. The fourth-order valence-corrected chi connectivity index (χ4v) is 3.83. The van der Waals surface area contributed by atoms with Crippen molar-refractivity contribution in [2.24, 2.45) is 5.73 Å². The lowest BCUT2D eigenvalue weighted by Crippen LogP contribution is -2.28. The van der Waals surface area contributed by atoms with Crippen LogP contribution in [0.25, 0.3) is 11.5 Å². The van der Waals surface area contributed by atoms with Gasteiger partial charge in [-0.1, -0.05) is 30.3 Å². The van der Waals surface area contributed by atoms with E-state index in [4.69, 9.17) is 10.2 Å². The minimum absolute atomic E-state index is 0.188. The Morgan fingerprint density at radius 3 is 2.59 bits per heavy atom. The van der Waals surface area contributed by atoms with Crippen LogP contribution in [0.4, 0.5) is 5.69 Å². The SMILES string of the molecule is NCc1ccc(N2CC(O)C(Sc3nnc(-c4ccccc4)o3)C2=O)cc1. The number of hydrogen-bond acceptors (Lipinski definition) is 7. The molecule has 0 aliphatic carbocycles. The van der Waals surface area contributed by atoms with E-state index in [0.717, 1.165) is 28.6 Å². The van der Waals surface area contributed by atoms with Crippen LogP contribution in [0.3, 0.4) is 0 Å². The van der Waals surface area contributed by atoms with Crippen LogP contribution in [0.2, 0.25) is 0 Å². The second kappa shape index (κ2) is 7.51. The van der Waals surface area contributed by atoms with Crippen molar-refractivity contribution in [2.75, 3.05) is 11.4 Å². The second-order valence-corrected chi connectivity index (χ2v) is 7.26. The van der Waals surface area contributed by atoms with Gasteiger partial charge in [-0.05, 0) is 41.6 Å². The largest absolute Gasteiger partial charge is 0.411 e. The molecule has 0 bridgehead atoms. The molecule has 0 spiro atoms. The van der Waals surface area contributed by atoms with Gasteiger partial charge < -0.3 is 20.2 Å². The third kappa shape index (κ3) is 3.59. The number of benzene rings is 2. The lowest BCUT2D eigenvalue weighted by atomic mass is 10.2. The van der Waals surface area contributed by atoms with Crippen LogP contribution < -0.4 is 10.6 Å². The number of nitrogens with zero attached hydrogens (tertiary/aromatic N) is 3. The average Bonchev–Trinajstić information content (AvgIpc) is 3.29. The summed E-state index contributed by atoms with van der Waals surface area (Å²) in [6, 6.07) is 16.8. The Morgan fingerprint density at radius 1 is 1.15 bits per heavy atom. The molecule has 2 unspecified atom stereocenters. The maximum absolute atomic E-state index is 12.8. The first-order valence-corrected chi connectivity index (χ1v) is 9.37. The Bertz CT molecular complexity index is 930. The fraction of sp³-hybridized carbons (Fsp3) is 0.211. The normalized spacial score (nSPS) is 19.6. The third-order valence-electron chi connectivity index (χ3n) is 4.37. The monoisotopic (exact) mass is 382 g/mol. The number of carbonyl (C=O) groups is 1. The molecule has 0 radical (unpaired) electrons. The lowest BCUT2D eigenvalue weighted by Gasteiger charge is -2.16. The smallest absolute Gasteiger partial charge is 0.277 e. The summed E-state index contributed by atoms with van der Waals surface area (Å²) in [5.74, 6) is 0.194. The molecule has 1 aromatic heterocycles. The molecule has 1 amide bonds. The minimum Gasteiger partial charge on any atom is -0.411 e. The Hall–Kier alpha value is -2.68. The van der Waals surface area contributed by atoms with Crippen molar-refractivity contribution >= 4 is 23.4 Å². The third-order valence-corrected chi connectivity index (χ3v) is 5.50. The number of hydrogen-bond donors (Lipinski definition) is 2. The zero-order valence-electron chi connectivity index (χ0n) is 14.4. The number of aromatic nitrogens is 2. The number of nitrogens with two attached hydrogens (primary N) is 1. The molecule has 1 saturated heterocycles. The molecule has 2 heterocycles. The predicted octanol–water partition coefficient (Wildman–Crippen LogP) is 2.06. The Morgan fingerprint density at radius 2 is 1.89 bits per heavy atom. The summed E-state index contributed by atoms with van der Waals surface area (Å²) < 4.78 is 5.64. The molecule has 0 saturated carbocycles. The lowest BCUT2D eigenvalue weighted by molar-refractivity contribution is -0.117. The van der Waals surface area contributed by atoms with Gasteiger partial charge in [0.1, 0.15) is 5.25 Å². The van der Waals surface area contributed by atoms with Gasteiger partial charge in [-0.25, -0.2) is 0 Å². The van der Waals surface area contributed by atoms with E-state index >= 15 is 0 Å². The molecule has 1 fully saturated rings. The number of aliphatic hydroxyl groups excluding tert-OH is 1. The summed E-state index contributed by atoms with van der Waals surface area (Å²) in [4.78, 5) is 14.3. The summed E-state index contributed by atoms with van der Waals surface area (Å²) in [5, 5.41) is 18.0. The number of carbonyl (C=O) groups excluding carboxylic acids is 1. The minimum atomic E-state index is -0.830. The van der Waals surface area contributed by atoms with Crippen LogP contribution in [0.15, 0.2) is 64.2 Å². The van der Waals surface area contributed by atoms with Crippen molar-refractivity contribution in [3.63, 3.8) is 0 Å². The summed E-state index contributed by atoms with van der Waals surface area (Å²) in [6.45, 7) is 0.661. The van der Waals surface area contributed by atoms with Gasteiger partial charge >= 0.3 is 0 Å². The van der Waals surface area contributed by atoms with Crippen molar-refractivity contribution in [2.45, 2.75) is 23.1 Å². The first-order valence-electron chi connectivity index (χ1n) is 8.50. The van der Waals surface area contributed by atoms with Gasteiger partial charge in [0, 0.05) is 17.8 Å². The van der Waals surface area contributed by atoms with Crippen molar-refractivity contribution in [3.05, 3.63) is 60.2 Å². The number of anilines is 1. The highest BCUT2D eigenvalue weighted by Crippen LogP contribution is 2.34. The van der Waals surface area contributed by atoms with Crippen molar-refractivity contribution in [1.82, 2.24) is 10.2 Å². The van der Waals surface area contributed by atoms with Gasteiger partial charge in [0.2, 0.25) is 11.8 Å². The van der Waals surface area contributed by atoms with Gasteiger partial charge in [0.25, 0.3) is 5.22 Å². The average molecular weight is 382 g/mol. The van der Waals surface area contributed by atoms with E-state index in [-0.39, 0.29) is 17.7 Å². The molecule has 7 nitrogen and oxygen atoms in total. The molecule has 3 aromatic rings. The Kier molecular flexibility index (Phi) is 4.93. The van der Waals surface area contributed by atoms with E-state index in [9.17, 15) is 9.90 Å². The standard InChI is InChI=1S/C19H18N4O3S/c20-10-12-6-8-14(9-7-12)23-11-15(24)16(18(23)25)27-19-22-21-17(26-19)13-4-2-1-3-5-13/h1-9,15-16,24H,10-11,20H2. The number of amides is 1. The zero-order chi connectivity index (χ0) is 18.8. The van der Waals surface area contributed by atoms with Crippen molar-refractivity contribution in [1.29, 1.82) is 0 Å². The van der Waals surface area contributed by atoms with E-state index in [0.29, 0.717) is 12.4 Å². The predicted molar refractivity (Wildman–Crippen MR) is 102 cm³/mol. The molecule has 8 heteroatoms. The number of rotatable bonds is 5. The van der Waals surface area contributed by atoms with E-state index < -0.39 is 11.4 Å². The quantitative estimate of drug-likeness (QED) is 0.696. The molecule has 4 rings (SSSR count). The molecular weight excluding hydrogens is 364 g/mol. The first kappa shape index (κ1) is 17.7. The van der Waals surface area contributed by atoms with E-state index in [2.05, 4.69) is 10.2 Å². The second-order valence-electron chi connectivity index (χ2n) is 6.16. The molecule has 2 aromatic carbocycles. The molecule has 2 atom stereocenters. The van der Waals surface area contributed by atoms with Crippen LogP contribution in [-0.2, 0) is 11.3 Å².